The van der Waals surface area contributed by atoms with Crippen LogP contribution in [0.4, 0.5) is 17.1 Å². The van der Waals surface area contributed by atoms with Crippen LogP contribution in [-0.2, 0) is 0 Å². The highest BCUT2D eigenvalue weighted by Crippen LogP contribution is 2.32. The molecule has 0 radical (unpaired) electrons. The predicted molar refractivity (Wildman–Crippen MR) is 298 cm³/mol. The van der Waals surface area contributed by atoms with Crippen LogP contribution in [-0.4, -0.2) is 108 Å². The maximum absolute atomic E-state index is 12.6. The molecule has 13 nitrogen and oxygen atoms in total. The van der Waals surface area contributed by atoms with Gasteiger partial charge in [0.1, 0.15) is 5.82 Å². The third-order valence-corrected chi connectivity index (χ3v) is 13.4. The molecule has 6 aliphatic rings. The second-order valence-electron chi connectivity index (χ2n) is 18.7. The molecular weight excluding hydrogens is 883 g/mol. The molecule has 2 saturated heterocycles. The summed E-state index contributed by atoms with van der Waals surface area (Å²) in [5.41, 5.74) is 12.7. The van der Waals surface area contributed by atoms with Crippen LogP contribution >= 0.6 is 0 Å². The molecule has 2 atom stereocenters. The Morgan fingerprint density at radius 1 is 0.746 bits per heavy atom. The summed E-state index contributed by atoms with van der Waals surface area (Å²) in [6.45, 7) is 26.2. The van der Waals surface area contributed by atoms with Crippen LogP contribution < -0.4 is 26.2 Å². The number of aliphatic imine (C=N–C) groups is 1. The number of benzene rings is 2. The fraction of sp³-hybridized carbons (Fsp3) is 0.328. The highest BCUT2D eigenvalue weighted by Gasteiger charge is 2.24. The lowest BCUT2D eigenvalue weighted by atomic mass is 9.91. The molecule has 0 bridgehead atoms. The van der Waals surface area contributed by atoms with Gasteiger partial charge in [0.05, 0.1) is 33.7 Å². The summed E-state index contributed by atoms with van der Waals surface area (Å²) in [4.78, 5) is 53.3. The van der Waals surface area contributed by atoms with Crippen LogP contribution in [0, 0.1) is 24.2 Å². The topological polar surface area (TPSA) is 156 Å². The molecule has 0 saturated carbocycles. The number of rotatable bonds is 10. The third kappa shape index (κ3) is 12.5. The lowest BCUT2D eigenvalue weighted by molar-refractivity contribution is 0.305. The Morgan fingerprint density at radius 2 is 1.34 bits per heavy atom. The molecule has 71 heavy (non-hydrogen) atoms. The van der Waals surface area contributed by atoms with Gasteiger partial charge in [-0.2, -0.15) is 0 Å². The van der Waals surface area contributed by atoms with Crippen LogP contribution in [0.2, 0.25) is 0 Å². The lowest BCUT2D eigenvalue weighted by Crippen LogP contribution is -2.33. The van der Waals surface area contributed by atoms with Crippen LogP contribution in [0.25, 0.3) is 44.9 Å². The van der Waals surface area contributed by atoms with Crippen molar-refractivity contribution >= 4 is 40.1 Å². The zero-order valence-corrected chi connectivity index (χ0v) is 42.6. The van der Waals surface area contributed by atoms with Gasteiger partial charge in [-0.15, -0.1) is 6.58 Å². The number of imidazole rings is 1. The van der Waals surface area contributed by atoms with Crippen LogP contribution in [0.1, 0.15) is 51.7 Å². The number of hydrogen-bond donors (Lipinski definition) is 5. The van der Waals surface area contributed by atoms with Crippen molar-refractivity contribution in [3.63, 3.8) is 0 Å². The number of nitrogens with one attached hydrogen (secondary N) is 5. The summed E-state index contributed by atoms with van der Waals surface area (Å²) < 4.78 is 0. The predicted octanol–water partition coefficient (Wildman–Crippen LogP) is 10.3. The first kappa shape index (κ1) is 51.3. The molecule has 2 unspecified atom stereocenters. The maximum atomic E-state index is 12.6. The number of aryl methyl sites for hydroxylation is 1. The SMILES string of the molecule is C=CC(C)C(C)/C(=C\C(=C)C)N1CCCN(c2ccc(C)c(N=Cc3c4cccccc-4[nH]c3=O)c2)CC1.CC(=N)N1CCCN(c2ccc3nc(-c4c5cccccc-5[nH]c4=O)[nH]c3c2)CC1.CNC. The number of nitrogens with zero attached hydrogens (tertiary/aromatic N) is 6. The van der Waals surface area contributed by atoms with Gasteiger partial charge >= 0.3 is 0 Å². The molecule has 5 heterocycles. The van der Waals surface area contributed by atoms with E-state index in [2.05, 4.69) is 117 Å². The van der Waals surface area contributed by atoms with Gasteiger partial charge in [-0.05, 0) is 108 Å². The quantitative estimate of drug-likeness (QED) is 0.0393. The molecule has 5 N–H and O–H groups in total. The van der Waals surface area contributed by atoms with Crippen molar-refractivity contribution in [1.29, 1.82) is 5.41 Å². The van der Waals surface area contributed by atoms with Crippen molar-refractivity contribution in [2.24, 2.45) is 16.8 Å². The number of amidine groups is 1. The second kappa shape index (κ2) is 23.9. The van der Waals surface area contributed by atoms with E-state index in [0.29, 0.717) is 34.6 Å². The molecule has 2 aliphatic carbocycles. The Bertz CT molecular complexity index is 3070. The summed E-state index contributed by atoms with van der Waals surface area (Å²) in [6, 6.07) is 32.0. The molecule has 2 fully saturated rings. The van der Waals surface area contributed by atoms with Crippen LogP contribution in [0.3, 0.4) is 0 Å². The molecule has 3 aromatic rings. The maximum Gasteiger partial charge on any atom is 0.260 e. The first-order valence-corrected chi connectivity index (χ1v) is 24.8. The van der Waals surface area contributed by atoms with Gasteiger partial charge in [0.15, 0.2) is 0 Å². The average Bonchev–Trinajstić information content (AvgIpc) is 3.61. The summed E-state index contributed by atoms with van der Waals surface area (Å²) >= 11 is 0. The molecule has 13 heteroatoms. The van der Waals surface area contributed by atoms with Gasteiger partial charge in [0, 0.05) is 104 Å². The molecule has 4 aliphatic heterocycles. The van der Waals surface area contributed by atoms with Gasteiger partial charge in [-0.1, -0.05) is 86.7 Å². The van der Waals surface area contributed by atoms with Crippen LogP contribution in [0.5, 0.6) is 0 Å². The fourth-order valence-corrected chi connectivity index (χ4v) is 9.31. The minimum Gasteiger partial charge on any atom is -0.373 e. The number of anilines is 2. The molecular formula is C58H71N11O2. The number of aromatic amines is 3. The number of allylic oxidation sites excluding steroid dienone is 4. The molecule has 0 spiro atoms. The van der Waals surface area contributed by atoms with Gasteiger partial charge in [-0.3, -0.25) is 20.0 Å². The molecule has 1 aromatic heterocycles. The Labute approximate surface area is 419 Å². The molecule has 9 rings (SSSR count). The number of aromatic nitrogens is 4. The van der Waals surface area contributed by atoms with Crippen molar-refractivity contribution in [2.75, 3.05) is 76.3 Å². The second-order valence-corrected chi connectivity index (χ2v) is 18.7. The van der Waals surface area contributed by atoms with Crippen molar-refractivity contribution < 1.29 is 0 Å². The summed E-state index contributed by atoms with van der Waals surface area (Å²) in [5.74, 6) is 2.00. The fourth-order valence-electron chi connectivity index (χ4n) is 9.31. The monoisotopic (exact) mass is 954 g/mol. The third-order valence-electron chi connectivity index (χ3n) is 13.4. The van der Waals surface area contributed by atoms with E-state index in [0.717, 1.165) is 127 Å². The zero-order valence-electron chi connectivity index (χ0n) is 42.6. The van der Waals surface area contributed by atoms with E-state index in [9.17, 15) is 9.59 Å². The van der Waals surface area contributed by atoms with E-state index in [4.69, 9.17) is 15.4 Å². The molecule has 370 valence electrons. The van der Waals surface area contributed by atoms with Crippen molar-refractivity contribution in [3.05, 3.63) is 165 Å². The Morgan fingerprint density at radius 3 is 2.00 bits per heavy atom. The standard InChI is InChI=1S/C33H40N4O.C23H24N6O.C2H7N/c1-7-24(4)26(6)32(20-23(2)3)37-17-11-16-36(18-19-37)27-15-14-25(5)31(21-27)34-22-29-28-12-9-8-10-13-30(28)35-33(29)38;1-15(24)28-10-5-11-29(13-12-28)16-8-9-19-20(14-16)26-22(25-19)21-17-6-3-2-4-7-18(17)27-23(21)30;1-3-2/h7-10,12-15,20-22,24,26H,1-2,11,16-19H2,3-6H3,(H,35,38);2-4,6-9,14,24H,5,10-13H2,1H3,(H,25,26)(H,27,30);3H,1-2H3/b32-20+,34-22?;;. The molecule has 0 amide bonds. The largest absolute Gasteiger partial charge is 0.373 e. The molecule has 2 aromatic carbocycles. The Hall–Kier alpha value is -7.51. The van der Waals surface area contributed by atoms with Gasteiger partial charge < -0.3 is 39.9 Å². The lowest BCUT2D eigenvalue weighted by Gasteiger charge is -2.32. The minimum atomic E-state index is -0.134. The first-order chi connectivity index (χ1) is 34.3. The minimum absolute atomic E-state index is 0.116. The van der Waals surface area contributed by atoms with E-state index in [-0.39, 0.29) is 11.1 Å². The average molecular weight is 954 g/mol. The van der Waals surface area contributed by atoms with E-state index >= 15 is 0 Å². The highest BCUT2D eigenvalue weighted by molar-refractivity contribution is 5.92. The van der Waals surface area contributed by atoms with E-state index < -0.39 is 0 Å². The number of H-pyrrole nitrogens is 3. The number of fused-ring (bicyclic) bond motifs is 3. The number of hydrogen-bond acceptors (Lipinski definition) is 9. The van der Waals surface area contributed by atoms with E-state index in [1.165, 1.54) is 5.70 Å². The van der Waals surface area contributed by atoms with Crippen molar-refractivity contribution in [3.8, 4) is 33.9 Å². The van der Waals surface area contributed by atoms with E-state index in [1.54, 1.807) is 6.21 Å². The summed E-state index contributed by atoms with van der Waals surface area (Å²) in [5, 5.41) is 10.6. The van der Waals surface area contributed by atoms with Crippen molar-refractivity contribution in [1.82, 2.24) is 35.1 Å². The van der Waals surface area contributed by atoms with Gasteiger partial charge in [0.2, 0.25) is 0 Å². The zero-order chi connectivity index (χ0) is 50.6. The summed E-state index contributed by atoms with van der Waals surface area (Å²) in [6.07, 6.45) is 8.08. The Balaban J connectivity index is 0.000000202. The van der Waals surface area contributed by atoms with E-state index in [1.807, 2.05) is 93.8 Å². The highest BCUT2D eigenvalue weighted by atomic mass is 16.1. The normalized spacial score (nSPS) is 15.4. The smallest absolute Gasteiger partial charge is 0.260 e. The van der Waals surface area contributed by atoms with Crippen LogP contribution in [0.15, 0.2) is 148 Å². The first-order valence-electron chi connectivity index (χ1n) is 24.8. The van der Waals surface area contributed by atoms with Gasteiger partial charge in [0.25, 0.3) is 11.1 Å². The van der Waals surface area contributed by atoms with Gasteiger partial charge in [-0.25, -0.2) is 4.98 Å². The summed E-state index contributed by atoms with van der Waals surface area (Å²) in [7, 11) is 3.75. The Kier molecular flexibility index (Phi) is 17.3. The van der Waals surface area contributed by atoms with Crippen molar-refractivity contribution in [2.45, 2.75) is 47.5 Å².